The van der Waals surface area contributed by atoms with Gasteiger partial charge in [-0.25, -0.2) is 4.98 Å². The quantitative estimate of drug-likeness (QED) is 0.878. The first-order chi connectivity index (χ1) is 11.6. The van der Waals surface area contributed by atoms with Gasteiger partial charge in [-0.15, -0.1) is 0 Å². The summed E-state index contributed by atoms with van der Waals surface area (Å²) in [6.07, 6.45) is 3.76. The molecule has 3 rings (SSSR count). The summed E-state index contributed by atoms with van der Waals surface area (Å²) in [6, 6.07) is 8.30. The molecule has 1 fully saturated rings. The molecular formula is C19H27N3O2. The number of hydrogen-bond donors (Lipinski definition) is 1. The molecule has 0 saturated carbocycles. The molecule has 0 radical (unpaired) electrons. The van der Waals surface area contributed by atoms with Crippen molar-refractivity contribution in [2.45, 2.75) is 64.6 Å². The predicted molar refractivity (Wildman–Crippen MR) is 94.9 cm³/mol. The fourth-order valence-electron chi connectivity index (χ4n) is 3.45. The Morgan fingerprint density at radius 2 is 2.17 bits per heavy atom. The second-order valence-corrected chi connectivity index (χ2v) is 6.89. The van der Waals surface area contributed by atoms with Crippen LogP contribution in [0.25, 0.3) is 11.0 Å². The Morgan fingerprint density at radius 3 is 2.88 bits per heavy atom. The van der Waals surface area contributed by atoms with Gasteiger partial charge in [0.15, 0.2) is 0 Å². The molecule has 1 saturated heterocycles. The zero-order chi connectivity index (χ0) is 17.1. The molecule has 5 heteroatoms. The smallest absolute Gasteiger partial charge is 0.220 e. The number of imidazole rings is 1. The number of carbonyl (C=O) groups is 1. The Bertz CT molecular complexity index is 702. The minimum absolute atomic E-state index is 0.0698. The maximum Gasteiger partial charge on any atom is 0.220 e. The van der Waals surface area contributed by atoms with Crippen molar-refractivity contribution in [2.75, 3.05) is 6.61 Å². The Morgan fingerprint density at radius 1 is 1.38 bits per heavy atom. The van der Waals surface area contributed by atoms with Crippen LogP contribution in [0.5, 0.6) is 0 Å². The summed E-state index contributed by atoms with van der Waals surface area (Å²) in [5.74, 6) is 0.983. The van der Waals surface area contributed by atoms with Gasteiger partial charge in [-0.1, -0.05) is 12.1 Å². The number of hydrogen-bond acceptors (Lipinski definition) is 3. The van der Waals surface area contributed by atoms with E-state index in [1.54, 1.807) is 0 Å². The van der Waals surface area contributed by atoms with Gasteiger partial charge in [0.05, 0.1) is 23.2 Å². The number of aromatic nitrogens is 2. The van der Waals surface area contributed by atoms with E-state index in [2.05, 4.69) is 29.8 Å². The molecule has 1 amide bonds. The minimum Gasteiger partial charge on any atom is -0.378 e. The van der Waals surface area contributed by atoms with Crippen molar-refractivity contribution in [3.05, 3.63) is 30.1 Å². The average Bonchev–Trinajstić information content (AvgIpc) is 3.20. The van der Waals surface area contributed by atoms with Crippen LogP contribution in [0, 0.1) is 0 Å². The molecule has 0 spiro atoms. The number of para-hydroxylation sites is 2. The molecule has 1 aliphatic heterocycles. The molecule has 5 nitrogen and oxygen atoms in total. The fraction of sp³-hybridized carbons (Fsp3) is 0.579. The van der Waals surface area contributed by atoms with E-state index >= 15 is 0 Å². The second-order valence-electron chi connectivity index (χ2n) is 6.89. The monoisotopic (exact) mass is 329 g/mol. The Kier molecular flexibility index (Phi) is 5.19. The number of rotatable bonds is 6. The molecule has 2 atom stereocenters. The fourth-order valence-corrected chi connectivity index (χ4v) is 3.45. The molecule has 1 N–H and O–H groups in total. The van der Waals surface area contributed by atoms with Gasteiger partial charge in [0, 0.05) is 19.1 Å². The van der Waals surface area contributed by atoms with Crippen molar-refractivity contribution in [3.63, 3.8) is 0 Å². The highest BCUT2D eigenvalue weighted by Crippen LogP contribution is 2.25. The molecule has 1 aliphatic rings. The molecule has 0 aliphatic carbocycles. The normalized spacial score (nSPS) is 19.1. The van der Waals surface area contributed by atoms with Crippen molar-refractivity contribution in [1.29, 1.82) is 0 Å². The summed E-state index contributed by atoms with van der Waals surface area (Å²) in [5.41, 5.74) is 2.09. The van der Waals surface area contributed by atoms with E-state index in [4.69, 9.17) is 9.72 Å². The lowest BCUT2D eigenvalue weighted by Crippen LogP contribution is -2.29. The van der Waals surface area contributed by atoms with Gasteiger partial charge >= 0.3 is 0 Å². The second kappa shape index (κ2) is 7.34. The summed E-state index contributed by atoms with van der Waals surface area (Å²) in [6.45, 7) is 7.12. The van der Waals surface area contributed by atoms with Crippen LogP contribution in [-0.4, -0.2) is 28.2 Å². The molecule has 0 bridgehead atoms. The molecule has 24 heavy (non-hydrogen) atoms. The third kappa shape index (κ3) is 3.61. The van der Waals surface area contributed by atoms with Gasteiger partial charge < -0.3 is 14.6 Å². The average molecular weight is 329 g/mol. The molecule has 1 aromatic heterocycles. The van der Waals surface area contributed by atoms with Crippen LogP contribution in [-0.2, 0) is 9.53 Å². The van der Waals surface area contributed by atoms with Crippen LogP contribution in [0.4, 0.5) is 0 Å². The first kappa shape index (κ1) is 17.0. The summed E-state index contributed by atoms with van der Waals surface area (Å²) in [5, 5.41) is 3.10. The number of nitrogens with one attached hydrogen (secondary N) is 1. The number of ether oxygens (including phenoxy) is 1. The van der Waals surface area contributed by atoms with Gasteiger partial charge in [0.2, 0.25) is 5.91 Å². The van der Waals surface area contributed by atoms with Gasteiger partial charge in [-0.3, -0.25) is 4.79 Å². The van der Waals surface area contributed by atoms with Crippen molar-refractivity contribution in [3.8, 4) is 0 Å². The number of nitrogens with zero attached hydrogens (tertiary/aromatic N) is 2. The lowest BCUT2D eigenvalue weighted by atomic mass is 10.1. The lowest BCUT2D eigenvalue weighted by molar-refractivity contribution is -0.122. The van der Waals surface area contributed by atoms with Crippen molar-refractivity contribution >= 4 is 16.9 Å². The Hall–Kier alpha value is -1.88. The van der Waals surface area contributed by atoms with Crippen molar-refractivity contribution < 1.29 is 9.53 Å². The molecule has 2 aromatic rings. The van der Waals surface area contributed by atoms with Gasteiger partial charge in [0.1, 0.15) is 5.82 Å². The molecule has 0 unspecified atom stereocenters. The highest BCUT2D eigenvalue weighted by molar-refractivity contribution is 5.78. The maximum atomic E-state index is 12.3. The minimum atomic E-state index is -0.114. The third-order valence-corrected chi connectivity index (χ3v) is 4.62. The largest absolute Gasteiger partial charge is 0.378 e. The molecule has 2 heterocycles. The number of benzene rings is 1. The summed E-state index contributed by atoms with van der Waals surface area (Å²) >= 11 is 0. The molecule has 1 aromatic carbocycles. The van der Waals surface area contributed by atoms with Gasteiger partial charge in [0.25, 0.3) is 0 Å². The highest BCUT2D eigenvalue weighted by atomic mass is 16.5. The van der Waals surface area contributed by atoms with Crippen LogP contribution in [0.1, 0.15) is 64.4 Å². The van der Waals surface area contributed by atoms with Crippen LogP contribution in [0.2, 0.25) is 0 Å². The van der Waals surface area contributed by atoms with Crippen LogP contribution >= 0.6 is 0 Å². The van der Waals surface area contributed by atoms with E-state index in [-0.39, 0.29) is 18.1 Å². The van der Waals surface area contributed by atoms with E-state index in [9.17, 15) is 4.79 Å². The first-order valence-corrected chi connectivity index (χ1v) is 8.94. The SMILES string of the molecule is CC(C)n1c([C@H](C)NC(=O)CC[C@@H]2CCCO2)nc2ccccc21. The maximum absolute atomic E-state index is 12.3. The molecular weight excluding hydrogens is 302 g/mol. The lowest BCUT2D eigenvalue weighted by Gasteiger charge is -2.19. The molecule has 130 valence electrons. The van der Waals surface area contributed by atoms with E-state index in [0.29, 0.717) is 12.5 Å². The topological polar surface area (TPSA) is 56.2 Å². The van der Waals surface area contributed by atoms with Gasteiger partial charge in [-0.05, 0) is 52.2 Å². The van der Waals surface area contributed by atoms with Crippen molar-refractivity contribution in [1.82, 2.24) is 14.9 Å². The predicted octanol–water partition coefficient (Wildman–Crippen LogP) is 3.75. The highest BCUT2D eigenvalue weighted by Gasteiger charge is 2.21. The van der Waals surface area contributed by atoms with E-state index in [1.165, 1.54) is 0 Å². The Balaban J connectivity index is 1.69. The summed E-state index contributed by atoms with van der Waals surface area (Å²) in [4.78, 5) is 17.0. The van der Waals surface area contributed by atoms with E-state index in [1.807, 2.05) is 25.1 Å². The van der Waals surface area contributed by atoms with Crippen LogP contribution in [0.3, 0.4) is 0 Å². The summed E-state index contributed by atoms with van der Waals surface area (Å²) < 4.78 is 7.80. The first-order valence-electron chi connectivity index (χ1n) is 8.94. The third-order valence-electron chi connectivity index (χ3n) is 4.62. The standard InChI is InChI=1S/C19H27N3O2/c1-13(2)22-17-9-5-4-8-16(17)21-19(22)14(3)20-18(23)11-10-15-7-6-12-24-15/h4-5,8-9,13-15H,6-7,10-12H2,1-3H3,(H,20,23)/t14-,15-/m0/s1. The zero-order valence-electron chi connectivity index (χ0n) is 14.8. The van der Waals surface area contributed by atoms with E-state index < -0.39 is 0 Å². The Labute approximate surface area is 143 Å². The number of amides is 1. The number of carbonyl (C=O) groups excluding carboxylic acids is 1. The van der Waals surface area contributed by atoms with Crippen LogP contribution in [0.15, 0.2) is 24.3 Å². The van der Waals surface area contributed by atoms with Crippen LogP contribution < -0.4 is 5.32 Å². The number of fused-ring (bicyclic) bond motifs is 1. The van der Waals surface area contributed by atoms with E-state index in [0.717, 1.165) is 42.7 Å². The zero-order valence-corrected chi connectivity index (χ0v) is 14.8. The van der Waals surface area contributed by atoms with Crippen molar-refractivity contribution in [2.24, 2.45) is 0 Å². The summed E-state index contributed by atoms with van der Waals surface area (Å²) in [7, 11) is 0. The van der Waals surface area contributed by atoms with Gasteiger partial charge in [-0.2, -0.15) is 0 Å².